The summed E-state index contributed by atoms with van der Waals surface area (Å²) in [6, 6.07) is 20.2. The Bertz CT molecular complexity index is 1300. The van der Waals surface area contributed by atoms with Crippen LogP contribution in [0.4, 0.5) is 23.0 Å². The Morgan fingerprint density at radius 2 is 1.46 bits per heavy atom. The molecular formula is C28H31N5O2. The van der Waals surface area contributed by atoms with E-state index in [1.165, 1.54) is 11.4 Å². The number of aromatic hydroxyl groups is 1. The summed E-state index contributed by atoms with van der Waals surface area (Å²) in [7, 11) is 1.69. The van der Waals surface area contributed by atoms with Gasteiger partial charge >= 0.3 is 0 Å². The molecule has 1 fully saturated rings. The summed E-state index contributed by atoms with van der Waals surface area (Å²) in [5.41, 5.74) is 4.99. The largest absolute Gasteiger partial charge is 0.508 e. The van der Waals surface area contributed by atoms with Crippen LogP contribution < -0.4 is 19.9 Å². The fourth-order valence-corrected chi connectivity index (χ4v) is 4.64. The van der Waals surface area contributed by atoms with Crippen molar-refractivity contribution in [3.63, 3.8) is 0 Å². The predicted molar refractivity (Wildman–Crippen MR) is 142 cm³/mol. The molecule has 2 heterocycles. The molecule has 7 nitrogen and oxygen atoms in total. The number of aromatic nitrogens is 2. The second kappa shape index (κ2) is 9.70. The van der Waals surface area contributed by atoms with Gasteiger partial charge in [0, 0.05) is 60.4 Å². The summed E-state index contributed by atoms with van der Waals surface area (Å²) >= 11 is 0. The van der Waals surface area contributed by atoms with Crippen molar-refractivity contribution < 1.29 is 9.84 Å². The Morgan fingerprint density at radius 1 is 0.857 bits per heavy atom. The number of methoxy groups -OCH3 is 1. The Morgan fingerprint density at radius 3 is 2.03 bits per heavy atom. The van der Waals surface area contributed by atoms with E-state index in [1.807, 2.05) is 18.2 Å². The van der Waals surface area contributed by atoms with Gasteiger partial charge in [-0.25, -0.2) is 9.97 Å². The van der Waals surface area contributed by atoms with Crippen LogP contribution in [-0.2, 0) is 0 Å². The van der Waals surface area contributed by atoms with Crippen molar-refractivity contribution in [2.24, 2.45) is 0 Å². The van der Waals surface area contributed by atoms with Crippen molar-refractivity contribution in [1.82, 2.24) is 9.97 Å². The summed E-state index contributed by atoms with van der Waals surface area (Å²) < 4.78 is 5.27. The number of rotatable bonds is 6. The first-order valence-electron chi connectivity index (χ1n) is 12.0. The molecule has 3 aromatic carbocycles. The van der Waals surface area contributed by atoms with Gasteiger partial charge in [0.15, 0.2) is 0 Å². The van der Waals surface area contributed by atoms with Gasteiger partial charge in [0.2, 0.25) is 5.95 Å². The topological polar surface area (TPSA) is 73.8 Å². The summed E-state index contributed by atoms with van der Waals surface area (Å²) in [6.45, 7) is 7.99. The van der Waals surface area contributed by atoms with Crippen molar-refractivity contribution >= 4 is 33.9 Å². The fraction of sp³-hybridized carbons (Fsp3) is 0.286. The molecular weight excluding hydrogens is 438 g/mol. The van der Waals surface area contributed by atoms with Crippen LogP contribution in [-0.4, -0.2) is 48.4 Å². The average Bonchev–Trinajstić information content (AvgIpc) is 2.89. The standard InChI is InChI=1S/C28H31N5O2/c1-19(2)26-25(34)13-4-20-18-29-28(31-27(20)26)30-21-5-7-22(8-6-21)32-14-16-33(17-15-32)23-9-11-24(35-3)12-10-23/h4-13,18-19,34H,14-17H2,1-3H3,(H,29,30,31). The third kappa shape index (κ3) is 4.80. The molecule has 1 aromatic heterocycles. The van der Waals surface area contributed by atoms with Crippen molar-refractivity contribution in [3.05, 3.63) is 72.4 Å². The summed E-state index contributed by atoms with van der Waals surface area (Å²) in [6.07, 6.45) is 1.80. The lowest BCUT2D eigenvalue weighted by Gasteiger charge is -2.37. The lowest BCUT2D eigenvalue weighted by molar-refractivity contribution is 0.415. The fourth-order valence-electron chi connectivity index (χ4n) is 4.64. The SMILES string of the molecule is COc1ccc(N2CCN(c3ccc(Nc4ncc5ccc(O)c(C(C)C)c5n4)cc3)CC2)cc1. The van der Waals surface area contributed by atoms with Gasteiger partial charge in [-0.1, -0.05) is 13.8 Å². The number of phenols is 1. The molecule has 5 rings (SSSR count). The van der Waals surface area contributed by atoms with Crippen LogP contribution >= 0.6 is 0 Å². The molecule has 0 aliphatic carbocycles. The molecule has 0 saturated carbocycles. The van der Waals surface area contributed by atoms with E-state index < -0.39 is 0 Å². The van der Waals surface area contributed by atoms with Crippen LogP contribution in [0.15, 0.2) is 66.9 Å². The maximum absolute atomic E-state index is 10.3. The number of fused-ring (bicyclic) bond motifs is 1. The summed E-state index contributed by atoms with van der Waals surface area (Å²) in [5, 5.41) is 14.5. The van der Waals surface area contributed by atoms with Crippen LogP contribution in [0, 0.1) is 0 Å². The highest BCUT2D eigenvalue weighted by molar-refractivity contribution is 5.85. The number of hydrogen-bond acceptors (Lipinski definition) is 7. The molecule has 35 heavy (non-hydrogen) atoms. The molecule has 0 bridgehead atoms. The van der Waals surface area contributed by atoms with Crippen LogP contribution in [0.25, 0.3) is 10.9 Å². The van der Waals surface area contributed by atoms with Gasteiger partial charge in [-0.3, -0.25) is 0 Å². The first-order valence-corrected chi connectivity index (χ1v) is 12.0. The Hall–Kier alpha value is -4.00. The molecule has 4 aromatic rings. The van der Waals surface area contributed by atoms with E-state index in [1.54, 1.807) is 19.4 Å². The lowest BCUT2D eigenvalue weighted by Crippen LogP contribution is -2.46. The number of anilines is 4. The molecule has 0 spiro atoms. The minimum Gasteiger partial charge on any atom is -0.508 e. The maximum Gasteiger partial charge on any atom is 0.227 e. The van der Waals surface area contributed by atoms with E-state index in [0.29, 0.717) is 5.95 Å². The highest BCUT2D eigenvalue weighted by Crippen LogP contribution is 2.32. The van der Waals surface area contributed by atoms with E-state index in [4.69, 9.17) is 9.72 Å². The van der Waals surface area contributed by atoms with E-state index in [0.717, 1.165) is 54.1 Å². The van der Waals surface area contributed by atoms with E-state index in [2.05, 4.69) is 70.3 Å². The number of nitrogens with one attached hydrogen (secondary N) is 1. The van der Waals surface area contributed by atoms with Crippen LogP contribution in [0.1, 0.15) is 25.3 Å². The van der Waals surface area contributed by atoms with Crippen molar-refractivity contribution in [3.8, 4) is 11.5 Å². The zero-order chi connectivity index (χ0) is 24.4. The summed E-state index contributed by atoms with van der Waals surface area (Å²) in [5.74, 6) is 1.83. The maximum atomic E-state index is 10.3. The third-order valence-corrected chi connectivity index (χ3v) is 6.55. The van der Waals surface area contributed by atoms with Crippen molar-refractivity contribution in [2.75, 3.05) is 48.4 Å². The first-order chi connectivity index (χ1) is 17.0. The molecule has 0 radical (unpaired) electrons. The van der Waals surface area contributed by atoms with Gasteiger partial charge < -0.3 is 25.0 Å². The minimum atomic E-state index is 0.158. The number of benzene rings is 3. The molecule has 1 aliphatic heterocycles. The monoisotopic (exact) mass is 469 g/mol. The van der Waals surface area contributed by atoms with Crippen LogP contribution in [0.5, 0.6) is 11.5 Å². The number of ether oxygens (including phenoxy) is 1. The van der Waals surface area contributed by atoms with Gasteiger partial charge in [0.25, 0.3) is 0 Å². The average molecular weight is 470 g/mol. The molecule has 7 heteroatoms. The van der Waals surface area contributed by atoms with Crippen LogP contribution in [0.3, 0.4) is 0 Å². The third-order valence-electron chi connectivity index (χ3n) is 6.55. The quantitative estimate of drug-likeness (QED) is 0.384. The highest BCUT2D eigenvalue weighted by atomic mass is 16.5. The number of phenolic OH excluding ortho intramolecular Hbond substituents is 1. The second-order valence-corrected chi connectivity index (χ2v) is 9.13. The van der Waals surface area contributed by atoms with Gasteiger partial charge in [-0.2, -0.15) is 0 Å². The first kappa shape index (κ1) is 22.8. The highest BCUT2D eigenvalue weighted by Gasteiger charge is 2.18. The summed E-state index contributed by atoms with van der Waals surface area (Å²) in [4.78, 5) is 14.0. The second-order valence-electron chi connectivity index (χ2n) is 9.13. The lowest BCUT2D eigenvalue weighted by atomic mass is 9.99. The molecule has 0 atom stereocenters. The smallest absolute Gasteiger partial charge is 0.227 e. The van der Waals surface area contributed by atoms with E-state index in [9.17, 15) is 5.11 Å². The number of nitrogens with zero attached hydrogens (tertiary/aromatic N) is 4. The zero-order valence-corrected chi connectivity index (χ0v) is 20.4. The normalized spacial score (nSPS) is 13.9. The number of piperazine rings is 1. The molecule has 0 unspecified atom stereocenters. The Balaban J connectivity index is 1.25. The van der Waals surface area contributed by atoms with Gasteiger partial charge in [-0.15, -0.1) is 0 Å². The van der Waals surface area contributed by atoms with E-state index >= 15 is 0 Å². The predicted octanol–water partition coefficient (Wildman–Crippen LogP) is 5.54. The Labute approximate surface area is 206 Å². The van der Waals surface area contributed by atoms with Gasteiger partial charge in [0.05, 0.1) is 12.6 Å². The molecule has 180 valence electrons. The molecule has 1 saturated heterocycles. The Kier molecular flexibility index (Phi) is 6.31. The minimum absolute atomic E-state index is 0.158. The van der Waals surface area contributed by atoms with Crippen molar-refractivity contribution in [1.29, 1.82) is 0 Å². The molecule has 2 N–H and O–H groups in total. The van der Waals surface area contributed by atoms with Crippen molar-refractivity contribution in [2.45, 2.75) is 19.8 Å². The molecule has 1 aliphatic rings. The zero-order valence-electron chi connectivity index (χ0n) is 20.4. The van der Waals surface area contributed by atoms with E-state index in [-0.39, 0.29) is 11.7 Å². The molecule has 0 amide bonds. The number of hydrogen-bond donors (Lipinski definition) is 2. The van der Waals surface area contributed by atoms with Gasteiger partial charge in [-0.05, 0) is 66.6 Å². The van der Waals surface area contributed by atoms with Crippen LogP contribution in [0.2, 0.25) is 0 Å². The van der Waals surface area contributed by atoms with Gasteiger partial charge in [0.1, 0.15) is 11.5 Å².